The number of hydrogen-bond donors (Lipinski definition) is 2. The van der Waals surface area contributed by atoms with Gasteiger partial charge in [-0.25, -0.2) is 0 Å². The van der Waals surface area contributed by atoms with E-state index in [1.165, 1.54) is 24.1 Å². The van der Waals surface area contributed by atoms with Crippen molar-refractivity contribution in [2.45, 2.75) is 89.1 Å². The Morgan fingerprint density at radius 1 is 1.29 bits per heavy atom. The van der Waals surface area contributed by atoms with E-state index in [9.17, 15) is 0 Å². The first-order chi connectivity index (χ1) is 16.5. The molecule has 0 aromatic rings. The summed E-state index contributed by atoms with van der Waals surface area (Å²) in [7, 11) is 1.78. The van der Waals surface area contributed by atoms with Crippen LogP contribution in [-0.2, 0) is 14.2 Å². The van der Waals surface area contributed by atoms with Gasteiger partial charge in [0.1, 0.15) is 17.8 Å². The maximum Gasteiger partial charge on any atom is 0.157 e. The minimum atomic E-state index is -0.438. The zero-order chi connectivity index (χ0) is 24.1. The van der Waals surface area contributed by atoms with Crippen LogP contribution in [0.1, 0.15) is 52.9 Å². The first-order valence-corrected chi connectivity index (χ1v) is 12.9. The van der Waals surface area contributed by atoms with Gasteiger partial charge in [-0.1, -0.05) is 36.6 Å². The van der Waals surface area contributed by atoms with E-state index < -0.39 is 5.60 Å². The van der Waals surface area contributed by atoms with Gasteiger partial charge in [0.2, 0.25) is 0 Å². The summed E-state index contributed by atoms with van der Waals surface area (Å²) in [6.07, 6.45) is 19.1. The quantitative estimate of drug-likeness (QED) is 0.284. The lowest BCUT2D eigenvalue weighted by Gasteiger charge is -2.45. The molecule has 0 aromatic heterocycles. The molecule has 0 amide bonds. The van der Waals surface area contributed by atoms with E-state index in [4.69, 9.17) is 19.4 Å². The highest BCUT2D eigenvalue weighted by atomic mass is 16.7. The molecular weight excluding hydrogens is 430 g/mol. The van der Waals surface area contributed by atoms with E-state index in [1.54, 1.807) is 7.11 Å². The molecule has 4 rings (SSSR count). The van der Waals surface area contributed by atoms with E-state index in [-0.39, 0.29) is 18.4 Å². The maximum absolute atomic E-state index is 9.17. The minimum Gasteiger partial charge on any atom is -0.371 e. The fourth-order valence-electron chi connectivity index (χ4n) is 5.48. The van der Waals surface area contributed by atoms with Crippen LogP contribution < -0.4 is 5.48 Å². The number of methoxy groups -OCH3 is 1. The van der Waals surface area contributed by atoms with Crippen LogP contribution in [0, 0.1) is 0 Å². The van der Waals surface area contributed by atoms with Crippen LogP contribution in [0.15, 0.2) is 47.7 Å². The van der Waals surface area contributed by atoms with Crippen LogP contribution in [0.5, 0.6) is 0 Å². The second-order valence-electron chi connectivity index (χ2n) is 10.2. The van der Waals surface area contributed by atoms with Gasteiger partial charge < -0.3 is 24.3 Å². The number of hydroxylamine groups is 1. The number of rotatable bonds is 10. The van der Waals surface area contributed by atoms with Gasteiger partial charge in [-0.05, 0) is 58.3 Å². The van der Waals surface area contributed by atoms with Gasteiger partial charge in [0.15, 0.2) is 6.23 Å². The Kier molecular flexibility index (Phi) is 8.66. The molecule has 0 spiro atoms. The highest BCUT2D eigenvalue weighted by molar-refractivity contribution is 5.31. The number of nitrogens with one attached hydrogen (secondary N) is 1. The predicted octanol–water partition coefficient (Wildman–Crippen LogP) is 3.78. The van der Waals surface area contributed by atoms with Gasteiger partial charge in [-0.15, -0.1) is 0 Å². The van der Waals surface area contributed by atoms with Gasteiger partial charge in [0.25, 0.3) is 0 Å². The summed E-state index contributed by atoms with van der Waals surface area (Å²) in [5, 5.41) is 9.17. The van der Waals surface area contributed by atoms with Crippen molar-refractivity contribution in [3.63, 3.8) is 0 Å². The number of epoxide rings is 1. The summed E-state index contributed by atoms with van der Waals surface area (Å²) in [6, 6.07) is 0.360. The average molecular weight is 474 g/mol. The Morgan fingerprint density at radius 2 is 2.09 bits per heavy atom. The fraction of sp³-hybridized carbons (Fsp3) is 0.704. The zero-order valence-electron chi connectivity index (χ0n) is 21.3. The fourth-order valence-corrected chi connectivity index (χ4v) is 5.48. The minimum absolute atomic E-state index is 0.0511. The lowest BCUT2D eigenvalue weighted by Crippen LogP contribution is -2.54. The molecule has 7 heteroatoms. The van der Waals surface area contributed by atoms with Gasteiger partial charge >= 0.3 is 0 Å². The van der Waals surface area contributed by atoms with Crippen molar-refractivity contribution < 1.29 is 19.4 Å². The largest absolute Gasteiger partial charge is 0.371 e. The number of piperazine rings is 1. The van der Waals surface area contributed by atoms with Crippen molar-refractivity contribution >= 4 is 0 Å². The van der Waals surface area contributed by atoms with Crippen molar-refractivity contribution in [1.29, 1.82) is 0 Å². The molecular formula is C27H43N3O4. The van der Waals surface area contributed by atoms with Crippen LogP contribution in [0.2, 0.25) is 0 Å². The molecule has 2 aliphatic heterocycles. The maximum atomic E-state index is 9.17. The third kappa shape index (κ3) is 6.01. The van der Waals surface area contributed by atoms with E-state index in [1.807, 2.05) is 0 Å². The molecule has 34 heavy (non-hydrogen) atoms. The van der Waals surface area contributed by atoms with Crippen molar-refractivity contribution in [2.75, 3.05) is 33.3 Å². The molecule has 0 aromatic carbocycles. The van der Waals surface area contributed by atoms with Crippen LogP contribution in [-0.4, -0.2) is 84.5 Å². The highest BCUT2D eigenvalue weighted by Gasteiger charge is 2.42. The molecule has 2 heterocycles. The van der Waals surface area contributed by atoms with E-state index in [0.29, 0.717) is 12.1 Å². The smallest absolute Gasteiger partial charge is 0.157 e. The normalized spacial score (nSPS) is 35.4. The molecule has 4 aliphatic rings. The van der Waals surface area contributed by atoms with Crippen molar-refractivity contribution in [3.8, 4) is 0 Å². The number of allylic oxidation sites excluding steroid dienone is 4. The van der Waals surface area contributed by atoms with E-state index in [0.717, 1.165) is 45.4 Å². The predicted molar refractivity (Wildman–Crippen MR) is 133 cm³/mol. The zero-order valence-corrected chi connectivity index (χ0v) is 21.3. The molecule has 190 valence electrons. The number of ether oxygens (including phenoxy) is 3. The third-order valence-electron chi connectivity index (χ3n) is 7.87. The summed E-state index contributed by atoms with van der Waals surface area (Å²) in [5.41, 5.74) is 4.38. The molecule has 0 radical (unpaired) electrons. The summed E-state index contributed by atoms with van der Waals surface area (Å²) in [6.45, 7) is 9.97. The van der Waals surface area contributed by atoms with E-state index in [2.05, 4.69) is 72.5 Å². The van der Waals surface area contributed by atoms with Gasteiger partial charge in [0.05, 0.1) is 6.10 Å². The van der Waals surface area contributed by atoms with Gasteiger partial charge in [-0.3, -0.25) is 4.90 Å². The van der Waals surface area contributed by atoms with Crippen LogP contribution in [0.4, 0.5) is 0 Å². The van der Waals surface area contributed by atoms with Crippen LogP contribution >= 0.6 is 0 Å². The van der Waals surface area contributed by atoms with Crippen molar-refractivity contribution in [3.05, 3.63) is 47.7 Å². The molecule has 5 atom stereocenters. The average Bonchev–Trinajstić information content (AvgIpc) is 3.40. The van der Waals surface area contributed by atoms with Crippen molar-refractivity contribution in [1.82, 2.24) is 15.3 Å². The molecule has 2 saturated heterocycles. The Balaban J connectivity index is 1.48. The van der Waals surface area contributed by atoms with Gasteiger partial charge in [0, 0.05) is 45.0 Å². The van der Waals surface area contributed by atoms with Gasteiger partial charge in [-0.2, -0.15) is 5.48 Å². The first kappa shape index (κ1) is 25.6. The number of nitrogens with zero attached hydrogens (tertiary/aromatic N) is 2. The number of hydrogen-bond acceptors (Lipinski definition) is 7. The van der Waals surface area contributed by atoms with E-state index >= 15 is 0 Å². The Bertz CT molecular complexity index is 804. The Morgan fingerprint density at radius 3 is 2.74 bits per heavy atom. The molecule has 0 bridgehead atoms. The molecule has 7 nitrogen and oxygen atoms in total. The van der Waals surface area contributed by atoms with Crippen LogP contribution in [0.25, 0.3) is 0 Å². The lowest BCUT2D eigenvalue weighted by atomic mass is 9.91. The molecule has 1 saturated carbocycles. The summed E-state index contributed by atoms with van der Waals surface area (Å²) >= 11 is 0. The third-order valence-corrected chi connectivity index (χ3v) is 7.87. The lowest BCUT2D eigenvalue weighted by molar-refractivity contribution is -0.0980. The Hall–Kier alpha value is -1.48. The second-order valence-corrected chi connectivity index (χ2v) is 10.2. The van der Waals surface area contributed by atoms with Crippen molar-refractivity contribution in [2.24, 2.45) is 0 Å². The topological polar surface area (TPSA) is 69.7 Å². The summed E-state index contributed by atoms with van der Waals surface area (Å²) in [5.74, 6) is 0. The Labute approximate surface area is 205 Å². The first-order valence-electron chi connectivity index (χ1n) is 12.9. The molecule has 2 aliphatic carbocycles. The van der Waals surface area contributed by atoms with Crippen LogP contribution in [0.3, 0.4) is 0 Å². The summed E-state index contributed by atoms with van der Waals surface area (Å²) in [4.78, 5) is 5.01. The second kappa shape index (κ2) is 11.5. The summed E-state index contributed by atoms with van der Waals surface area (Å²) < 4.78 is 18.0. The molecule has 4 unspecified atom stereocenters. The molecule has 2 N–H and O–H groups in total. The SMILES string of the molecule is C/C=C\C(=C/C)C[C@H]1CN(C2=CC(OC3CCCC3)C(C)(OC)C=C2)CCN1CC1OC1NO. The monoisotopic (exact) mass is 473 g/mol. The molecule has 3 fully saturated rings. The highest BCUT2D eigenvalue weighted by Crippen LogP contribution is 2.34. The standard InChI is InChI=1S/C27H43N3O4/c1-5-9-20(6-2)16-22-18-29(14-15-30(22)19-24-26(28-31)34-24)21-12-13-27(3,32-4)25(17-21)33-23-10-7-8-11-23/h5-6,9,12-13,17,22-26,28,31H,7-8,10-11,14-16,18-19H2,1-4H3/b9-5-,20-6+/t22-,24?,25?,26?,27?/m0/s1.